The van der Waals surface area contributed by atoms with Crippen molar-refractivity contribution in [3.05, 3.63) is 115 Å². The molecule has 3 aliphatic heterocycles. The lowest BCUT2D eigenvalue weighted by Crippen LogP contribution is -2.47. The molecule has 22 nitrogen and oxygen atoms in total. The summed E-state index contributed by atoms with van der Waals surface area (Å²) < 4.78 is 33.2. The second-order valence-corrected chi connectivity index (χ2v) is 18.7. The van der Waals surface area contributed by atoms with Crippen molar-refractivity contribution in [3.8, 4) is 11.4 Å². The Morgan fingerprint density at radius 2 is 1.75 bits per heavy atom. The number of ether oxygens (including phenoxy) is 3. The maximum absolute atomic E-state index is 15.4. The molecule has 394 valence electrons. The number of hydrogen-bond acceptors (Lipinski definition) is 14. The van der Waals surface area contributed by atoms with Crippen LogP contribution in [-0.2, 0) is 74.8 Å². The first-order valence-corrected chi connectivity index (χ1v) is 24.4. The van der Waals surface area contributed by atoms with E-state index in [4.69, 9.17) is 24.9 Å². The number of carbonyl (C=O) groups is 8. The van der Waals surface area contributed by atoms with Crippen LogP contribution in [0, 0.1) is 12.7 Å². The summed E-state index contributed by atoms with van der Waals surface area (Å²) in [6.45, 7) is 6.08. The molecular formula is C52H56FN9O13. The van der Waals surface area contributed by atoms with Gasteiger partial charge in [0.05, 0.1) is 61.2 Å². The van der Waals surface area contributed by atoms with Crippen LogP contribution in [-0.4, -0.2) is 99.5 Å². The number of fused-ring (bicyclic) bond motifs is 5. The third kappa shape index (κ3) is 11.0. The maximum Gasteiger partial charge on any atom is 0.407 e. The van der Waals surface area contributed by atoms with E-state index in [9.17, 15) is 48.3 Å². The monoisotopic (exact) mass is 1030 g/mol. The van der Waals surface area contributed by atoms with Gasteiger partial charge in [-0.1, -0.05) is 19.1 Å². The zero-order valence-electron chi connectivity index (χ0n) is 41.6. The minimum Gasteiger partial charge on any atom is -0.458 e. The number of halogens is 1. The lowest BCUT2D eigenvalue weighted by atomic mass is 9.81. The number of imide groups is 1. The molecule has 4 aliphatic rings. The number of nitrogens with zero attached hydrogens (tertiary/aromatic N) is 3. The van der Waals surface area contributed by atoms with E-state index in [2.05, 4.69) is 26.6 Å². The molecule has 0 bridgehead atoms. The first-order valence-electron chi connectivity index (χ1n) is 24.4. The lowest BCUT2D eigenvalue weighted by Gasteiger charge is -2.31. The molecule has 2 aromatic heterocycles. The van der Waals surface area contributed by atoms with Gasteiger partial charge in [-0.3, -0.25) is 33.7 Å². The van der Waals surface area contributed by atoms with Crippen molar-refractivity contribution in [2.45, 2.75) is 104 Å². The highest BCUT2D eigenvalue weighted by Gasteiger charge is 2.46. The van der Waals surface area contributed by atoms with E-state index in [1.165, 1.54) is 10.6 Å². The quantitative estimate of drug-likeness (QED) is 0.0271. The third-order valence-electron chi connectivity index (χ3n) is 13.7. The third-order valence-corrected chi connectivity index (χ3v) is 13.7. The number of hydrogen-bond donors (Lipinski definition) is 7. The van der Waals surface area contributed by atoms with Crippen molar-refractivity contribution in [1.82, 2.24) is 35.7 Å². The first kappa shape index (κ1) is 53.0. The number of amides is 8. The van der Waals surface area contributed by atoms with Crippen LogP contribution in [0.25, 0.3) is 22.3 Å². The summed E-state index contributed by atoms with van der Waals surface area (Å²) in [5, 5.41) is 25.4. The highest BCUT2D eigenvalue weighted by atomic mass is 19.1. The summed E-state index contributed by atoms with van der Waals surface area (Å²) in [7, 11) is 0. The van der Waals surface area contributed by atoms with Crippen molar-refractivity contribution in [3.63, 3.8) is 0 Å². The van der Waals surface area contributed by atoms with Gasteiger partial charge in [-0.05, 0) is 98.9 Å². The molecule has 4 aromatic rings. The van der Waals surface area contributed by atoms with Crippen molar-refractivity contribution in [2.24, 2.45) is 5.73 Å². The van der Waals surface area contributed by atoms with Crippen molar-refractivity contribution < 1.29 is 62.1 Å². The molecule has 0 saturated carbocycles. The fraction of sp³-hybridized carbons (Fsp3) is 0.385. The number of nitrogens with two attached hydrogens (primary N) is 1. The fourth-order valence-corrected chi connectivity index (χ4v) is 9.65. The molecule has 8 N–H and O–H groups in total. The van der Waals surface area contributed by atoms with Crippen molar-refractivity contribution >= 4 is 64.2 Å². The number of pyridine rings is 2. The SMILES string of the molecule is CC[C@@]1(O)C(=O)OCc2c1cc1n(c2=O)Cc2c-1nc1cc(F)c(C)c3c1c2[C@@H](NC(=O)OCc1ccc(NC(=O)[C@H](CCCNC(N)=O)NC(=O)C(NC(=O)CCOCCN2C(=O)C=CC2=O)=C(C)C)cc1)CC3. The van der Waals surface area contributed by atoms with Gasteiger partial charge in [0.1, 0.15) is 30.8 Å². The van der Waals surface area contributed by atoms with Gasteiger partial charge in [0.25, 0.3) is 23.3 Å². The largest absolute Gasteiger partial charge is 0.458 e. The average molecular weight is 1030 g/mol. The number of anilines is 1. The molecule has 2 aromatic carbocycles. The fourth-order valence-electron chi connectivity index (χ4n) is 9.65. The Morgan fingerprint density at radius 3 is 2.44 bits per heavy atom. The molecule has 8 amide bonds. The van der Waals surface area contributed by atoms with E-state index < -0.39 is 76.7 Å². The summed E-state index contributed by atoms with van der Waals surface area (Å²) in [4.78, 5) is 121. The van der Waals surface area contributed by atoms with Gasteiger partial charge in [-0.15, -0.1) is 0 Å². The smallest absolute Gasteiger partial charge is 0.407 e. The van der Waals surface area contributed by atoms with Crippen LogP contribution in [0.1, 0.15) is 97.9 Å². The van der Waals surface area contributed by atoms with Crippen molar-refractivity contribution in [1.29, 1.82) is 0 Å². The number of alkyl carbamates (subject to hydrolysis) is 1. The van der Waals surface area contributed by atoms with Crippen LogP contribution in [0.15, 0.2) is 64.6 Å². The molecule has 75 heavy (non-hydrogen) atoms. The number of esters is 1. The number of aliphatic hydroxyl groups is 1. The molecule has 8 rings (SSSR count). The predicted molar refractivity (Wildman–Crippen MR) is 265 cm³/mol. The summed E-state index contributed by atoms with van der Waals surface area (Å²) in [5.74, 6) is -4.18. The van der Waals surface area contributed by atoms with Crippen LogP contribution >= 0.6 is 0 Å². The first-order chi connectivity index (χ1) is 35.8. The number of nitrogens with one attached hydrogen (secondary N) is 5. The summed E-state index contributed by atoms with van der Waals surface area (Å²) in [6, 6.07) is 6.71. The molecule has 1 aliphatic carbocycles. The summed E-state index contributed by atoms with van der Waals surface area (Å²) in [6.07, 6.45) is 2.39. The Morgan fingerprint density at radius 1 is 1.01 bits per heavy atom. The molecule has 0 fully saturated rings. The Labute approximate surface area is 428 Å². The van der Waals surface area contributed by atoms with Crippen LogP contribution in [0.2, 0.25) is 0 Å². The molecule has 0 radical (unpaired) electrons. The number of aryl methyl sites for hydroxylation is 1. The van der Waals surface area contributed by atoms with E-state index in [0.29, 0.717) is 68.6 Å². The maximum atomic E-state index is 15.4. The second-order valence-electron chi connectivity index (χ2n) is 18.7. The number of carbonyl (C=O) groups excluding carboxylic acids is 8. The van der Waals surface area contributed by atoms with E-state index in [-0.39, 0.29) is 88.6 Å². The number of benzene rings is 2. The topological polar surface area (TPSA) is 309 Å². The highest BCUT2D eigenvalue weighted by molar-refractivity contribution is 6.13. The van der Waals surface area contributed by atoms with E-state index in [1.807, 2.05) is 0 Å². The number of aromatic nitrogens is 2. The number of primary amides is 1. The average Bonchev–Trinajstić information content (AvgIpc) is 3.95. The van der Waals surface area contributed by atoms with Crippen LogP contribution in [0.4, 0.5) is 19.7 Å². The summed E-state index contributed by atoms with van der Waals surface area (Å²) >= 11 is 0. The molecule has 0 spiro atoms. The van der Waals surface area contributed by atoms with Gasteiger partial charge in [0.2, 0.25) is 11.8 Å². The zero-order chi connectivity index (χ0) is 53.9. The Bertz CT molecular complexity index is 3170. The number of allylic oxidation sites excluding steroid dienone is 1. The molecule has 0 saturated heterocycles. The minimum atomic E-state index is -2.05. The molecule has 5 heterocycles. The number of rotatable bonds is 19. The van der Waals surface area contributed by atoms with Gasteiger partial charge < -0.3 is 56.2 Å². The van der Waals surface area contributed by atoms with E-state index in [0.717, 1.165) is 22.6 Å². The Kier molecular flexibility index (Phi) is 15.6. The standard InChI is InChI=1S/C52H56FN9O13/c1-5-52(72)33-21-38-45-31(23-62(38)48(68)32(33)25-74-49(52)69)43-35(13-12-30-27(4)34(53)22-37(57-45)42(30)43)59-51(71)75-24-28-8-10-29(11-9-28)56-46(66)36(7-6-17-55-50(54)70)58-47(67)44(26(2)3)60-39(63)16-19-73-20-18-61-40(64)14-15-41(61)65/h8-11,14-15,21-22,35-36,72H,5-7,12-13,16-20,23-25H2,1-4H3,(H,56,66)(H,58,67)(H,59,71)(H,60,63)(H3,54,55,70)/t35-,36-,52-/m0/s1. The molecule has 23 heteroatoms. The number of urea groups is 1. The summed E-state index contributed by atoms with van der Waals surface area (Å²) in [5.41, 5.74) is 7.64. The van der Waals surface area contributed by atoms with Gasteiger partial charge in [-0.25, -0.2) is 23.8 Å². The van der Waals surface area contributed by atoms with Gasteiger partial charge in [0.15, 0.2) is 5.60 Å². The minimum absolute atomic E-state index is 0.0000126. The van der Waals surface area contributed by atoms with E-state index in [1.54, 1.807) is 58.0 Å². The van der Waals surface area contributed by atoms with Crippen molar-refractivity contribution in [2.75, 3.05) is 31.6 Å². The predicted octanol–water partition coefficient (Wildman–Crippen LogP) is 3.05. The Balaban J connectivity index is 0.905. The van der Waals surface area contributed by atoms with Gasteiger partial charge >= 0.3 is 18.1 Å². The lowest BCUT2D eigenvalue weighted by molar-refractivity contribution is -0.172. The highest BCUT2D eigenvalue weighted by Crippen LogP contribution is 2.46. The molecular weight excluding hydrogens is 978 g/mol. The van der Waals surface area contributed by atoms with Crippen LogP contribution in [0.5, 0.6) is 0 Å². The van der Waals surface area contributed by atoms with E-state index >= 15 is 4.39 Å². The normalized spacial score (nSPS) is 17.3. The van der Waals surface area contributed by atoms with Crippen LogP contribution in [0.3, 0.4) is 0 Å². The van der Waals surface area contributed by atoms with Gasteiger partial charge in [-0.2, -0.15) is 0 Å². The van der Waals surface area contributed by atoms with Gasteiger partial charge in [0, 0.05) is 47.0 Å². The zero-order valence-corrected chi connectivity index (χ0v) is 41.6. The number of cyclic esters (lactones) is 1. The second kappa shape index (κ2) is 22.0. The Hall–Kier alpha value is -8.31. The molecule has 3 atom stereocenters. The van der Waals surface area contributed by atoms with Crippen LogP contribution < -0.4 is 37.9 Å². The molecule has 0 unspecified atom stereocenters.